The van der Waals surface area contributed by atoms with E-state index in [-0.39, 0.29) is 5.60 Å². The highest BCUT2D eigenvalue weighted by Gasteiger charge is 2.10. The third kappa shape index (κ3) is 4.94. The molecule has 0 aliphatic carbocycles. The number of nitrogens with two attached hydrogens (primary N) is 1. The van der Waals surface area contributed by atoms with Crippen LogP contribution in [-0.4, -0.2) is 25.9 Å². The maximum absolute atomic E-state index is 5.63. The lowest BCUT2D eigenvalue weighted by atomic mass is 10.2. The van der Waals surface area contributed by atoms with E-state index in [0.717, 1.165) is 5.56 Å². The molecule has 0 unspecified atom stereocenters. The average Bonchev–Trinajstić information content (AvgIpc) is 2.33. The molecule has 0 saturated carbocycles. The van der Waals surface area contributed by atoms with E-state index in [1.165, 1.54) is 0 Å². The van der Waals surface area contributed by atoms with Gasteiger partial charge in [0.2, 0.25) is 0 Å². The minimum absolute atomic E-state index is 0.142. The molecule has 1 aromatic rings. The summed E-state index contributed by atoms with van der Waals surface area (Å²) in [5, 5.41) is 0. The molecule has 18 heavy (non-hydrogen) atoms. The quantitative estimate of drug-likeness (QED) is 0.791. The first-order valence-electron chi connectivity index (χ1n) is 6.10. The Balaban J connectivity index is 2.51. The van der Waals surface area contributed by atoms with Crippen molar-refractivity contribution in [3.63, 3.8) is 0 Å². The van der Waals surface area contributed by atoms with Gasteiger partial charge < -0.3 is 19.9 Å². The lowest BCUT2D eigenvalue weighted by molar-refractivity contribution is -0.0165. The molecule has 0 radical (unpaired) electrons. The topological polar surface area (TPSA) is 53.7 Å². The van der Waals surface area contributed by atoms with Gasteiger partial charge >= 0.3 is 0 Å². The van der Waals surface area contributed by atoms with Gasteiger partial charge in [-0.05, 0) is 38.5 Å². The number of hydrogen-bond donors (Lipinski definition) is 1. The van der Waals surface area contributed by atoms with Gasteiger partial charge in [0.25, 0.3) is 0 Å². The second-order valence-corrected chi connectivity index (χ2v) is 5.00. The van der Waals surface area contributed by atoms with E-state index < -0.39 is 0 Å². The zero-order chi connectivity index (χ0) is 13.6. The largest absolute Gasteiger partial charge is 0.493 e. The number of rotatable bonds is 6. The van der Waals surface area contributed by atoms with Gasteiger partial charge in [-0.15, -0.1) is 0 Å². The molecule has 0 saturated heterocycles. The second-order valence-electron chi connectivity index (χ2n) is 5.00. The van der Waals surface area contributed by atoms with Gasteiger partial charge in [0.15, 0.2) is 11.5 Å². The average molecular weight is 253 g/mol. The van der Waals surface area contributed by atoms with Crippen molar-refractivity contribution < 1.29 is 14.2 Å². The van der Waals surface area contributed by atoms with Crippen molar-refractivity contribution in [1.82, 2.24) is 0 Å². The Morgan fingerprint density at radius 3 is 2.39 bits per heavy atom. The van der Waals surface area contributed by atoms with Gasteiger partial charge in [-0.2, -0.15) is 0 Å². The summed E-state index contributed by atoms with van der Waals surface area (Å²) in [6.45, 7) is 7.58. The fourth-order valence-corrected chi connectivity index (χ4v) is 1.46. The van der Waals surface area contributed by atoms with Crippen LogP contribution in [0.5, 0.6) is 11.5 Å². The molecule has 4 nitrogen and oxygen atoms in total. The van der Waals surface area contributed by atoms with Crippen LogP contribution in [0.3, 0.4) is 0 Å². The van der Waals surface area contributed by atoms with Gasteiger partial charge in [-0.25, -0.2) is 0 Å². The first kappa shape index (κ1) is 14.8. The standard InChI is InChI=1S/C14H23NO3/c1-14(2,3)18-8-7-17-12-6-5-11(10-15)9-13(12)16-4/h5-6,9H,7-8,10,15H2,1-4H3. The SMILES string of the molecule is COc1cc(CN)ccc1OCCOC(C)(C)C. The summed E-state index contributed by atoms with van der Waals surface area (Å²) in [5.41, 5.74) is 6.45. The molecule has 0 fully saturated rings. The third-order valence-corrected chi connectivity index (χ3v) is 2.34. The molecule has 1 aromatic carbocycles. The van der Waals surface area contributed by atoms with E-state index in [1.807, 2.05) is 39.0 Å². The predicted molar refractivity (Wildman–Crippen MR) is 72.1 cm³/mol. The van der Waals surface area contributed by atoms with E-state index in [4.69, 9.17) is 19.9 Å². The van der Waals surface area contributed by atoms with E-state index in [2.05, 4.69) is 0 Å². The highest BCUT2D eigenvalue weighted by molar-refractivity contribution is 5.42. The van der Waals surface area contributed by atoms with Gasteiger partial charge in [-0.1, -0.05) is 6.07 Å². The zero-order valence-electron chi connectivity index (χ0n) is 11.7. The van der Waals surface area contributed by atoms with Crippen LogP contribution in [0.1, 0.15) is 26.3 Å². The monoisotopic (exact) mass is 253 g/mol. The molecular weight excluding hydrogens is 230 g/mol. The zero-order valence-corrected chi connectivity index (χ0v) is 11.7. The Kier molecular flexibility index (Phi) is 5.44. The summed E-state index contributed by atoms with van der Waals surface area (Å²) in [7, 11) is 1.62. The third-order valence-electron chi connectivity index (χ3n) is 2.34. The van der Waals surface area contributed by atoms with Crippen LogP contribution >= 0.6 is 0 Å². The predicted octanol–water partition coefficient (Wildman–Crippen LogP) is 2.35. The number of methoxy groups -OCH3 is 1. The van der Waals surface area contributed by atoms with E-state index in [0.29, 0.717) is 31.3 Å². The molecule has 102 valence electrons. The lowest BCUT2D eigenvalue weighted by Gasteiger charge is -2.20. The summed E-state index contributed by atoms with van der Waals surface area (Å²) in [6.07, 6.45) is 0. The summed E-state index contributed by atoms with van der Waals surface area (Å²) in [5.74, 6) is 1.42. The fourth-order valence-electron chi connectivity index (χ4n) is 1.46. The summed E-state index contributed by atoms with van der Waals surface area (Å²) < 4.78 is 16.5. The van der Waals surface area contributed by atoms with Gasteiger partial charge in [-0.3, -0.25) is 0 Å². The Morgan fingerprint density at radius 2 is 1.83 bits per heavy atom. The molecule has 0 amide bonds. The molecule has 0 aliphatic heterocycles. The molecule has 0 atom stereocenters. The van der Waals surface area contributed by atoms with Gasteiger partial charge in [0, 0.05) is 6.54 Å². The van der Waals surface area contributed by atoms with E-state index in [9.17, 15) is 0 Å². The minimum atomic E-state index is -0.142. The molecule has 2 N–H and O–H groups in total. The minimum Gasteiger partial charge on any atom is -0.493 e. The smallest absolute Gasteiger partial charge is 0.161 e. The van der Waals surface area contributed by atoms with Crippen molar-refractivity contribution in [2.45, 2.75) is 32.9 Å². The molecule has 0 heterocycles. The molecule has 4 heteroatoms. The summed E-state index contributed by atoms with van der Waals surface area (Å²) in [4.78, 5) is 0. The van der Waals surface area contributed by atoms with Crippen molar-refractivity contribution in [2.75, 3.05) is 20.3 Å². The second kappa shape index (κ2) is 6.61. The molecule has 1 rings (SSSR count). The molecule has 0 aliphatic rings. The van der Waals surface area contributed by atoms with Gasteiger partial charge in [0.05, 0.1) is 19.3 Å². The van der Waals surface area contributed by atoms with Crippen molar-refractivity contribution >= 4 is 0 Å². The number of ether oxygens (including phenoxy) is 3. The summed E-state index contributed by atoms with van der Waals surface area (Å²) in [6, 6.07) is 5.69. The van der Waals surface area contributed by atoms with Crippen LogP contribution in [0.25, 0.3) is 0 Å². The Labute approximate surface area is 109 Å². The van der Waals surface area contributed by atoms with Crippen LogP contribution in [0, 0.1) is 0 Å². The first-order chi connectivity index (χ1) is 8.46. The van der Waals surface area contributed by atoms with Crippen molar-refractivity contribution in [3.8, 4) is 11.5 Å². The first-order valence-corrected chi connectivity index (χ1v) is 6.10. The van der Waals surface area contributed by atoms with E-state index >= 15 is 0 Å². The molecule has 0 aromatic heterocycles. The van der Waals surface area contributed by atoms with Crippen LogP contribution in [-0.2, 0) is 11.3 Å². The van der Waals surface area contributed by atoms with Crippen molar-refractivity contribution in [3.05, 3.63) is 23.8 Å². The van der Waals surface area contributed by atoms with Crippen LogP contribution in [0.15, 0.2) is 18.2 Å². The van der Waals surface area contributed by atoms with Crippen LogP contribution < -0.4 is 15.2 Å². The maximum atomic E-state index is 5.63. The highest BCUT2D eigenvalue weighted by atomic mass is 16.5. The number of benzene rings is 1. The Morgan fingerprint density at radius 1 is 1.11 bits per heavy atom. The Hall–Kier alpha value is -1.26. The Bertz CT molecular complexity index is 372. The van der Waals surface area contributed by atoms with Crippen LogP contribution in [0.4, 0.5) is 0 Å². The molecule has 0 spiro atoms. The van der Waals surface area contributed by atoms with Gasteiger partial charge in [0.1, 0.15) is 6.61 Å². The normalized spacial score (nSPS) is 11.4. The van der Waals surface area contributed by atoms with Crippen molar-refractivity contribution in [1.29, 1.82) is 0 Å². The highest BCUT2D eigenvalue weighted by Crippen LogP contribution is 2.27. The van der Waals surface area contributed by atoms with E-state index in [1.54, 1.807) is 7.11 Å². The van der Waals surface area contributed by atoms with Crippen LogP contribution in [0.2, 0.25) is 0 Å². The lowest BCUT2D eigenvalue weighted by Crippen LogP contribution is -2.22. The molecular formula is C14H23NO3. The number of hydrogen-bond acceptors (Lipinski definition) is 4. The van der Waals surface area contributed by atoms with Crippen molar-refractivity contribution in [2.24, 2.45) is 5.73 Å². The summed E-state index contributed by atoms with van der Waals surface area (Å²) >= 11 is 0. The maximum Gasteiger partial charge on any atom is 0.161 e. The fraction of sp³-hybridized carbons (Fsp3) is 0.571. The molecule has 0 bridgehead atoms.